The van der Waals surface area contributed by atoms with E-state index in [2.05, 4.69) is 0 Å². The van der Waals surface area contributed by atoms with Gasteiger partial charge in [0.05, 0.1) is 11.5 Å². The second kappa shape index (κ2) is 8.17. The van der Waals surface area contributed by atoms with Gasteiger partial charge in [0.15, 0.2) is 0 Å². The Morgan fingerprint density at radius 2 is 1.75 bits per heavy atom. The zero-order valence-electron chi connectivity index (χ0n) is 13.9. The molecule has 1 N–H and O–H groups in total. The highest BCUT2D eigenvalue weighted by Crippen LogP contribution is 2.29. The third-order valence-corrected chi connectivity index (χ3v) is 3.95. The van der Waals surface area contributed by atoms with Gasteiger partial charge in [-0.15, -0.1) is 0 Å². The van der Waals surface area contributed by atoms with Crippen LogP contribution >= 0.6 is 0 Å². The van der Waals surface area contributed by atoms with Crippen molar-refractivity contribution in [3.8, 4) is 0 Å². The number of carbonyl (C=O) groups excluding carboxylic acids is 1. The lowest BCUT2D eigenvalue weighted by Crippen LogP contribution is -2.38. The first kappa shape index (κ1) is 20.0. The topological polar surface area (TPSA) is 57.6 Å². The van der Waals surface area contributed by atoms with Gasteiger partial charge in [0.25, 0.3) is 0 Å². The van der Waals surface area contributed by atoms with E-state index in [4.69, 9.17) is 5.11 Å². The Bertz CT molecular complexity index is 569. The molecule has 2 atom stereocenters. The van der Waals surface area contributed by atoms with E-state index in [9.17, 15) is 22.8 Å². The van der Waals surface area contributed by atoms with E-state index in [0.717, 1.165) is 12.1 Å². The van der Waals surface area contributed by atoms with Crippen LogP contribution < -0.4 is 0 Å². The molecule has 0 heterocycles. The van der Waals surface area contributed by atoms with Crippen molar-refractivity contribution in [2.75, 3.05) is 13.6 Å². The van der Waals surface area contributed by atoms with Gasteiger partial charge in [-0.2, -0.15) is 13.2 Å². The fraction of sp³-hybridized carbons (Fsp3) is 0.529. The predicted molar refractivity (Wildman–Crippen MR) is 83.4 cm³/mol. The van der Waals surface area contributed by atoms with E-state index in [1.807, 2.05) is 6.92 Å². The van der Waals surface area contributed by atoms with Gasteiger partial charge in [-0.05, 0) is 30.5 Å². The second-order valence-corrected chi connectivity index (χ2v) is 5.96. The molecule has 0 saturated heterocycles. The minimum atomic E-state index is -4.38. The van der Waals surface area contributed by atoms with Crippen LogP contribution in [0.2, 0.25) is 0 Å². The zero-order valence-corrected chi connectivity index (χ0v) is 13.9. The Hall–Kier alpha value is -2.05. The van der Waals surface area contributed by atoms with Gasteiger partial charge in [-0.1, -0.05) is 26.0 Å². The monoisotopic (exact) mass is 345 g/mol. The number of carboxylic acid groups (broad SMARTS) is 1. The lowest BCUT2D eigenvalue weighted by Gasteiger charge is -2.24. The number of hydrogen-bond donors (Lipinski definition) is 1. The molecule has 0 bridgehead atoms. The number of benzene rings is 1. The quantitative estimate of drug-likeness (QED) is 0.823. The van der Waals surface area contributed by atoms with Crippen LogP contribution in [0.15, 0.2) is 24.3 Å². The molecule has 24 heavy (non-hydrogen) atoms. The molecule has 0 spiro atoms. The fourth-order valence-corrected chi connectivity index (χ4v) is 2.41. The Balaban J connectivity index is 2.76. The summed E-state index contributed by atoms with van der Waals surface area (Å²) < 4.78 is 37.7. The number of halogens is 3. The van der Waals surface area contributed by atoms with Gasteiger partial charge in [0, 0.05) is 19.5 Å². The molecular weight excluding hydrogens is 323 g/mol. The summed E-state index contributed by atoms with van der Waals surface area (Å²) in [6.07, 6.45) is -3.55. The van der Waals surface area contributed by atoms with Gasteiger partial charge < -0.3 is 10.0 Å². The average Bonchev–Trinajstić information content (AvgIpc) is 2.51. The third-order valence-electron chi connectivity index (χ3n) is 3.95. The Morgan fingerprint density at radius 3 is 2.17 bits per heavy atom. The maximum absolute atomic E-state index is 12.6. The van der Waals surface area contributed by atoms with Crippen LogP contribution in [0.4, 0.5) is 13.2 Å². The standard InChI is InChI=1S/C17H22F3NO3/c1-4-13(15(22)21(3)10-11(2)16(23)24)9-12-5-7-14(8-6-12)17(18,19)20/h5-8,11,13H,4,9-10H2,1-3H3,(H,23,24). The fourth-order valence-electron chi connectivity index (χ4n) is 2.41. The van der Waals surface area contributed by atoms with E-state index in [-0.39, 0.29) is 12.5 Å². The first-order valence-corrected chi connectivity index (χ1v) is 7.70. The molecule has 1 aromatic rings. The molecule has 0 fully saturated rings. The first-order valence-electron chi connectivity index (χ1n) is 7.70. The zero-order chi connectivity index (χ0) is 18.5. The summed E-state index contributed by atoms with van der Waals surface area (Å²) in [5.74, 6) is -2.26. The van der Waals surface area contributed by atoms with Gasteiger partial charge >= 0.3 is 12.1 Å². The number of hydrogen-bond acceptors (Lipinski definition) is 2. The maximum atomic E-state index is 12.6. The predicted octanol–water partition coefficient (Wildman–Crippen LogP) is 3.45. The normalized spacial score (nSPS) is 14.1. The molecule has 134 valence electrons. The van der Waals surface area contributed by atoms with Crippen LogP contribution in [0.5, 0.6) is 0 Å². The van der Waals surface area contributed by atoms with Crippen molar-refractivity contribution in [3.63, 3.8) is 0 Å². The maximum Gasteiger partial charge on any atom is 0.416 e. The van der Waals surface area contributed by atoms with Crippen LogP contribution in [-0.2, 0) is 22.2 Å². The van der Waals surface area contributed by atoms with Gasteiger partial charge in [-0.25, -0.2) is 0 Å². The summed E-state index contributed by atoms with van der Waals surface area (Å²) >= 11 is 0. The highest BCUT2D eigenvalue weighted by atomic mass is 19.4. The SMILES string of the molecule is CCC(Cc1ccc(C(F)(F)F)cc1)C(=O)N(C)CC(C)C(=O)O. The smallest absolute Gasteiger partial charge is 0.416 e. The van der Waals surface area contributed by atoms with Crippen molar-refractivity contribution < 1.29 is 27.9 Å². The summed E-state index contributed by atoms with van der Waals surface area (Å²) in [6, 6.07) is 4.75. The molecule has 0 aliphatic heterocycles. The summed E-state index contributed by atoms with van der Waals surface area (Å²) in [5, 5.41) is 8.91. The largest absolute Gasteiger partial charge is 0.481 e. The molecule has 7 heteroatoms. The van der Waals surface area contributed by atoms with Crippen LogP contribution in [-0.4, -0.2) is 35.5 Å². The van der Waals surface area contributed by atoms with Crippen molar-refractivity contribution in [1.29, 1.82) is 0 Å². The van der Waals surface area contributed by atoms with Gasteiger partial charge in [-0.3, -0.25) is 9.59 Å². The lowest BCUT2D eigenvalue weighted by molar-refractivity contribution is -0.143. The van der Waals surface area contributed by atoms with E-state index < -0.39 is 29.5 Å². The molecule has 0 saturated carbocycles. The summed E-state index contributed by atoms with van der Waals surface area (Å²) in [5.41, 5.74) is -0.0825. The average molecular weight is 345 g/mol. The number of amides is 1. The van der Waals surface area contributed by atoms with Crippen LogP contribution in [0.25, 0.3) is 0 Å². The van der Waals surface area contributed by atoms with E-state index in [1.54, 1.807) is 0 Å². The van der Waals surface area contributed by atoms with E-state index in [0.29, 0.717) is 18.4 Å². The summed E-state index contributed by atoms with van der Waals surface area (Å²) in [6.45, 7) is 3.43. The Morgan fingerprint density at radius 1 is 1.21 bits per heavy atom. The van der Waals surface area contributed by atoms with Crippen molar-refractivity contribution in [2.24, 2.45) is 11.8 Å². The number of carbonyl (C=O) groups is 2. The number of alkyl halides is 3. The Labute approximate surface area is 139 Å². The Kier molecular flexibility index (Phi) is 6.81. The van der Waals surface area contributed by atoms with Crippen molar-refractivity contribution in [1.82, 2.24) is 4.90 Å². The van der Waals surface area contributed by atoms with Crippen molar-refractivity contribution >= 4 is 11.9 Å². The molecule has 0 radical (unpaired) electrons. The van der Waals surface area contributed by atoms with Crippen LogP contribution in [0.3, 0.4) is 0 Å². The lowest BCUT2D eigenvalue weighted by atomic mass is 9.94. The third kappa shape index (κ3) is 5.54. The van der Waals surface area contributed by atoms with Gasteiger partial charge in [0.2, 0.25) is 5.91 Å². The number of rotatable bonds is 7. The molecule has 4 nitrogen and oxygen atoms in total. The van der Waals surface area contributed by atoms with Crippen LogP contribution in [0, 0.1) is 11.8 Å². The van der Waals surface area contributed by atoms with E-state index >= 15 is 0 Å². The summed E-state index contributed by atoms with van der Waals surface area (Å²) in [7, 11) is 1.54. The highest BCUT2D eigenvalue weighted by Gasteiger charge is 2.30. The minimum Gasteiger partial charge on any atom is -0.481 e. The summed E-state index contributed by atoms with van der Waals surface area (Å²) in [4.78, 5) is 24.7. The van der Waals surface area contributed by atoms with Crippen LogP contribution in [0.1, 0.15) is 31.4 Å². The van der Waals surface area contributed by atoms with Gasteiger partial charge in [0.1, 0.15) is 0 Å². The van der Waals surface area contributed by atoms with E-state index in [1.165, 1.54) is 31.0 Å². The molecule has 0 aliphatic carbocycles. The number of carboxylic acids is 1. The number of nitrogens with zero attached hydrogens (tertiary/aromatic N) is 1. The van der Waals surface area contributed by atoms with Crippen molar-refractivity contribution in [2.45, 2.75) is 32.9 Å². The minimum absolute atomic E-state index is 0.0949. The molecule has 2 unspecified atom stereocenters. The van der Waals surface area contributed by atoms with Crippen molar-refractivity contribution in [3.05, 3.63) is 35.4 Å². The highest BCUT2D eigenvalue weighted by molar-refractivity contribution is 5.79. The molecule has 1 aromatic carbocycles. The molecule has 0 aliphatic rings. The number of aliphatic carboxylic acids is 1. The molecule has 1 rings (SSSR count). The molecular formula is C17H22F3NO3. The second-order valence-electron chi connectivity index (χ2n) is 5.96. The first-order chi connectivity index (χ1) is 11.1. The molecule has 1 amide bonds. The molecule has 0 aromatic heterocycles.